The normalized spacial score (nSPS) is 20.9. The van der Waals surface area contributed by atoms with Gasteiger partial charge >= 0.3 is 6.09 Å². The van der Waals surface area contributed by atoms with Crippen LogP contribution in [-0.4, -0.2) is 42.0 Å². The molecule has 2 saturated heterocycles. The first-order valence-electron chi connectivity index (χ1n) is 11.1. The minimum atomic E-state index is -0.551. The van der Waals surface area contributed by atoms with Crippen LogP contribution in [0.1, 0.15) is 55.9 Å². The van der Waals surface area contributed by atoms with Gasteiger partial charge in [-0.25, -0.2) is 4.79 Å². The van der Waals surface area contributed by atoms with Crippen LogP contribution in [0, 0.1) is 0 Å². The smallest absolute Gasteiger partial charge is 0.410 e. The van der Waals surface area contributed by atoms with Gasteiger partial charge in [0.1, 0.15) is 16.9 Å². The zero-order valence-corrected chi connectivity index (χ0v) is 18.5. The van der Waals surface area contributed by atoms with Crippen molar-refractivity contribution in [1.29, 1.82) is 0 Å². The first-order chi connectivity index (χ1) is 14.8. The fourth-order valence-corrected chi connectivity index (χ4v) is 4.99. The number of piperidine rings is 1. The molecule has 0 radical (unpaired) electrons. The molecule has 2 spiro atoms. The second-order valence-electron chi connectivity index (χ2n) is 9.75. The zero-order valence-electron chi connectivity index (χ0n) is 18.5. The molecule has 2 aromatic carbocycles. The van der Waals surface area contributed by atoms with Gasteiger partial charge in [0.15, 0.2) is 0 Å². The molecule has 2 aromatic rings. The number of hydrogen-bond donors (Lipinski definition) is 1. The van der Waals surface area contributed by atoms with Gasteiger partial charge in [-0.15, -0.1) is 0 Å². The van der Waals surface area contributed by atoms with Crippen LogP contribution in [0.4, 0.5) is 4.79 Å². The molecule has 0 bridgehead atoms. The molecule has 162 valence electrons. The molecule has 5 heteroatoms. The summed E-state index contributed by atoms with van der Waals surface area (Å²) in [5.74, 6) is 0. The number of carbonyl (C=O) groups is 1. The lowest BCUT2D eigenvalue weighted by Gasteiger charge is -2.41. The van der Waals surface area contributed by atoms with Crippen molar-refractivity contribution in [3.63, 3.8) is 0 Å². The van der Waals surface area contributed by atoms with Gasteiger partial charge in [0.05, 0.1) is 0 Å². The number of ether oxygens (including phenoxy) is 2. The maximum Gasteiger partial charge on any atom is 0.410 e. The minimum absolute atomic E-state index is 0.246. The largest absolute Gasteiger partial charge is 0.444 e. The number of nitrogens with one attached hydrogen (secondary N) is 1. The summed E-state index contributed by atoms with van der Waals surface area (Å²) in [6, 6.07) is 17.0. The number of amides is 1. The summed E-state index contributed by atoms with van der Waals surface area (Å²) in [7, 11) is 0. The number of benzene rings is 2. The Bertz CT molecular complexity index is 979. The first kappa shape index (κ1) is 20.3. The lowest BCUT2D eigenvalue weighted by atomic mass is 9.83. The van der Waals surface area contributed by atoms with E-state index in [9.17, 15) is 4.79 Å². The zero-order chi connectivity index (χ0) is 21.7. The molecule has 5 rings (SSSR count). The molecule has 0 unspecified atom stereocenters. The van der Waals surface area contributed by atoms with E-state index >= 15 is 0 Å². The topological polar surface area (TPSA) is 50.8 Å². The molecule has 0 saturated carbocycles. The number of likely N-dealkylation sites (tertiary alicyclic amines) is 1. The van der Waals surface area contributed by atoms with E-state index in [4.69, 9.17) is 9.47 Å². The molecule has 1 N–H and O–H groups in total. The Kier molecular flexibility index (Phi) is 4.72. The Labute approximate surface area is 184 Å². The number of carbonyl (C=O) groups excluding carboxylic acids is 1. The highest BCUT2D eigenvalue weighted by Crippen LogP contribution is 2.48. The molecule has 1 aliphatic carbocycles. The highest BCUT2D eigenvalue weighted by molar-refractivity contribution is 5.77. The second-order valence-corrected chi connectivity index (χ2v) is 9.75. The van der Waals surface area contributed by atoms with Crippen LogP contribution in [0.2, 0.25) is 0 Å². The van der Waals surface area contributed by atoms with Gasteiger partial charge in [0, 0.05) is 32.5 Å². The van der Waals surface area contributed by atoms with Gasteiger partial charge in [-0.05, 0) is 43.0 Å². The van der Waals surface area contributed by atoms with Crippen molar-refractivity contribution in [2.45, 2.75) is 50.5 Å². The van der Waals surface area contributed by atoms with Crippen LogP contribution in [-0.2, 0) is 15.1 Å². The van der Waals surface area contributed by atoms with Gasteiger partial charge in [0.25, 0.3) is 0 Å². The van der Waals surface area contributed by atoms with E-state index in [0.29, 0.717) is 19.6 Å². The van der Waals surface area contributed by atoms with E-state index in [1.165, 1.54) is 22.3 Å². The Balaban J connectivity index is 1.44. The Morgan fingerprint density at radius 3 is 2.06 bits per heavy atom. The van der Waals surface area contributed by atoms with Gasteiger partial charge in [0.2, 0.25) is 0 Å². The third-order valence-corrected chi connectivity index (χ3v) is 6.49. The van der Waals surface area contributed by atoms with Crippen molar-refractivity contribution in [3.05, 3.63) is 70.8 Å². The van der Waals surface area contributed by atoms with Crippen molar-refractivity contribution < 1.29 is 14.3 Å². The molecule has 0 aromatic heterocycles. The lowest BCUT2D eigenvalue weighted by molar-refractivity contribution is -0.119. The van der Waals surface area contributed by atoms with Crippen LogP contribution >= 0.6 is 0 Å². The molecule has 0 atom stereocenters. The first-order valence-corrected chi connectivity index (χ1v) is 11.1. The fourth-order valence-electron chi connectivity index (χ4n) is 4.99. The Hall–Kier alpha value is -2.63. The van der Waals surface area contributed by atoms with Gasteiger partial charge in [-0.3, -0.25) is 5.32 Å². The summed E-state index contributed by atoms with van der Waals surface area (Å²) < 4.78 is 12.6. The predicted molar refractivity (Wildman–Crippen MR) is 121 cm³/mol. The summed E-state index contributed by atoms with van der Waals surface area (Å²) in [6.07, 6.45) is 5.58. The van der Waals surface area contributed by atoms with Crippen molar-refractivity contribution in [2.24, 2.45) is 0 Å². The third-order valence-electron chi connectivity index (χ3n) is 6.49. The summed E-state index contributed by atoms with van der Waals surface area (Å²) in [5, 5.41) is 3.72. The fraction of sp³-hybridized carbons (Fsp3) is 0.423. The summed E-state index contributed by atoms with van der Waals surface area (Å²) in [6.45, 7) is 7.62. The van der Waals surface area contributed by atoms with Crippen molar-refractivity contribution in [3.8, 4) is 0 Å². The molecule has 5 nitrogen and oxygen atoms in total. The van der Waals surface area contributed by atoms with Crippen molar-refractivity contribution >= 4 is 18.2 Å². The molecule has 2 fully saturated rings. The predicted octanol–water partition coefficient (Wildman–Crippen LogP) is 4.76. The van der Waals surface area contributed by atoms with E-state index in [2.05, 4.69) is 66.0 Å². The van der Waals surface area contributed by atoms with Gasteiger partial charge in [-0.1, -0.05) is 60.7 Å². The SMILES string of the molecule is CC(C)(C)OC(=O)N1CCC2(CC1)NCC1(O2)c2ccccc2C=Cc2ccccc21. The van der Waals surface area contributed by atoms with E-state index in [1.807, 2.05) is 20.8 Å². The van der Waals surface area contributed by atoms with E-state index < -0.39 is 16.9 Å². The molecule has 31 heavy (non-hydrogen) atoms. The average Bonchev–Trinajstić information content (AvgIpc) is 3.05. The molecule has 2 heterocycles. The number of nitrogens with zero attached hydrogens (tertiary/aromatic N) is 1. The van der Waals surface area contributed by atoms with E-state index in [-0.39, 0.29) is 6.09 Å². The maximum atomic E-state index is 12.5. The maximum absolute atomic E-state index is 12.5. The quantitative estimate of drug-likeness (QED) is 0.670. The van der Waals surface area contributed by atoms with Crippen LogP contribution in [0.25, 0.3) is 12.2 Å². The number of rotatable bonds is 0. The lowest BCUT2D eigenvalue weighted by Crippen LogP contribution is -2.53. The molecule has 3 aliphatic rings. The monoisotopic (exact) mass is 418 g/mol. The minimum Gasteiger partial charge on any atom is -0.444 e. The highest BCUT2D eigenvalue weighted by Gasteiger charge is 2.53. The van der Waals surface area contributed by atoms with Crippen molar-refractivity contribution in [2.75, 3.05) is 19.6 Å². The van der Waals surface area contributed by atoms with Crippen LogP contribution in [0.3, 0.4) is 0 Å². The van der Waals surface area contributed by atoms with Crippen LogP contribution in [0.15, 0.2) is 48.5 Å². The molecular weight excluding hydrogens is 388 g/mol. The highest BCUT2D eigenvalue weighted by atomic mass is 16.6. The van der Waals surface area contributed by atoms with Crippen LogP contribution < -0.4 is 5.32 Å². The van der Waals surface area contributed by atoms with E-state index in [1.54, 1.807) is 4.90 Å². The number of fused-ring (bicyclic) bond motifs is 4. The summed E-state index contributed by atoms with van der Waals surface area (Å²) in [4.78, 5) is 14.3. The molecule has 2 aliphatic heterocycles. The van der Waals surface area contributed by atoms with Gasteiger partial charge < -0.3 is 14.4 Å². The Morgan fingerprint density at radius 2 is 1.52 bits per heavy atom. The molecule has 1 amide bonds. The number of hydrogen-bond acceptors (Lipinski definition) is 4. The third kappa shape index (κ3) is 3.56. The standard InChI is InChI=1S/C26H30N2O3/c1-24(2,3)30-23(29)28-16-14-25(15-17-28)27-18-26(31-25)21-10-6-4-8-19(21)12-13-20-9-5-7-11-22(20)26/h4-13,27H,14-18H2,1-3H3. The Morgan fingerprint density at radius 1 is 0.968 bits per heavy atom. The van der Waals surface area contributed by atoms with Gasteiger partial charge in [-0.2, -0.15) is 0 Å². The summed E-state index contributed by atoms with van der Waals surface area (Å²) >= 11 is 0. The van der Waals surface area contributed by atoms with Crippen LogP contribution in [0.5, 0.6) is 0 Å². The average molecular weight is 419 g/mol. The van der Waals surface area contributed by atoms with Crippen molar-refractivity contribution in [1.82, 2.24) is 10.2 Å². The summed E-state index contributed by atoms with van der Waals surface area (Å²) in [5.41, 5.74) is 3.25. The molecular formula is C26H30N2O3. The second kappa shape index (κ2) is 7.21. The van der Waals surface area contributed by atoms with E-state index in [0.717, 1.165) is 12.8 Å².